The largest absolute Gasteiger partial charge is 0.289 e. The summed E-state index contributed by atoms with van der Waals surface area (Å²) < 4.78 is 0. The maximum atomic E-state index is 12.3. The van der Waals surface area contributed by atoms with Crippen LogP contribution in [0.4, 0.5) is 0 Å². The van der Waals surface area contributed by atoms with Gasteiger partial charge in [-0.3, -0.25) is 9.59 Å². The maximum absolute atomic E-state index is 12.3. The van der Waals surface area contributed by atoms with Gasteiger partial charge in [0.05, 0.1) is 15.6 Å². The lowest BCUT2D eigenvalue weighted by Gasteiger charge is -2.07. The molecule has 0 aromatic heterocycles. The molecule has 2 aromatic carbocycles. The normalized spacial score (nSPS) is 10.3. The van der Waals surface area contributed by atoms with Crippen molar-refractivity contribution in [2.45, 2.75) is 0 Å². The Labute approximate surface area is 124 Å². The van der Waals surface area contributed by atoms with E-state index in [1.54, 1.807) is 30.6 Å². The van der Waals surface area contributed by atoms with Crippen molar-refractivity contribution in [1.82, 2.24) is 0 Å². The Morgan fingerprint density at radius 2 is 1.58 bits per heavy atom. The second-order valence-electron chi connectivity index (χ2n) is 3.72. The summed E-state index contributed by atoms with van der Waals surface area (Å²) >= 11 is 17.6. The Hall–Kier alpha value is -1.35. The fourth-order valence-corrected chi connectivity index (χ4v) is 2.14. The second-order valence-corrected chi connectivity index (χ2v) is 4.94. The molecule has 0 aliphatic heterocycles. The number of carbonyl (C=O) groups excluding carboxylic acids is 2. The van der Waals surface area contributed by atoms with Crippen LogP contribution in [0.5, 0.6) is 0 Å². The highest BCUT2D eigenvalue weighted by Gasteiger charge is 2.19. The Kier molecular flexibility index (Phi) is 4.25. The topological polar surface area (TPSA) is 34.1 Å². The Morgan fingerprint density at radius 1 is 0.947 bits per heavy atom. The van der Waals surface area contributed by atoms with E-state index in [0.717, 1.165) is 0 Å². The first-order chi connectivity index (χ1) is 9.04. The Morgan fingerprint density at radius 3 is 2.16 bits per heavy atom. The third-order valence-electron chi connectivity index (χ3n) is 2.54. The number of hydrogen-bond donors (Lipinski definition) is 0. The third-order valence-corrected chi connectivity index (χ3v) is 3.59. The summed E-state index contributed by atoms with van der Waals surface area (Å²) in [7, 11) is 0. The molecule has 5 heteroatoms. The van der Waals surface area contributed by atoms with E-state index in [2.05, 4.69) is 0 Å². The van der Waals surface area contributed by atoms with Gasteiger partial charge in [-0.05, 0) is 36.4 Å². The minimum absolute atomic E-state index is 0.0440. The van der Waals surface area contributed by atoms with E-state index in [0.29, 0.717) is 10.6 Å². The molecule has 0 aliphatic carbocycles. The van der Waals surface area contributed by atoms with Crippen molar-refractivity contribution in [1.29, 1.82) is 0 Å². The van der Waals surface area contributed by atoms with Crippen molar-refractivity contribution in [3.05, 3.63) is 68.2 Å². The van der Waals surface area contributed by atoms with Crippen molar-refractivity contribution in [3.63, 3.8) is 0 Å². The summed E-state index contributed by atoms with van der Waals surface area (Å²) in [5, 5.41) is 0.761. The molecule has 2 rings (SSSR count). The van der Waals surface area contributed by atoms with Gasteiger partial charge in [0, 0.05) is 16.1 Å². The van der Waals surface area contributed by atoms with E-state index in [4.69, 9.17) is 34.8 Å². The second kappa shape index (κ2) is 5.74. The molecule has 0 N–H and O–H groups in total. The van der Waals surface area contributed by atoms with E-state index >= 15 is 0 Å². The van der Waals surface area contributed by atoms with Gasteiger partial charge in [0.25, 0.3) is 0 Å². The zero-order valence-corrected chi connectivity index (χ0v) is 11.7. The van der Waals surface area contributed by atoms with Crippen LogP contribution in [-0.4, -0.2) is 12.1 Å². The van der Waals surface area contributed by atoms with Crippen LogP contribution >= 0.6 is 34.8 Å². The summed E-state index contributed by atoms with van der Waals surface area (Å²) in [6, 6.07) is 9.12. The summed E-state index contributed by atoms with van der Waals surface area (Å²) in [4.78, 5) is 23.2. The summed E-state index contributed by atoms with van der Waals surface area (Å²) in [5.74, 6) is -0.400. The molecule has 0 bridgehead atoms. The molecule has 95 valence electrons. The smallest absolute Gasteiger partial charge is 0.234 e. The van der Waals surface area contributed by atoms with Gasteiger partial charge >= 0.3 is 0 Å². The van der Waals surface area contributed by atoms with E-state index < -0.39 is 5.78 Å². The van der Waals surface area contributed by atoms with Crippen LogP contribution in [0.3, 0.4) is 0 Å². The Bertz CT molecular complexity index is 648. The molecule has 0 aliphatic rings. The average molecular weight is 313 g/mol. The maximum Gasteiger partial charge on any atom is 0.234 e. The van der Waals surface area contributed by atoms with Crippen molar-refractivity contribution < 1.29 is 9.59 Å². The number of ketones is 1. The average Bonchev–Trinajstić information content (AvgIpc) is 2.42. The van der Waals surface area contributed by atoms with E-state index in [1.807, 2.05) is 0 Å². The van der Waals surface area contributed by atoms with Gasteiger partial charge in [-0.25, -0.2) is 0 Å². The zero-order chi connectivity index (χ0) is 14.0. The van der Waals surface area contributed by atoms with Crippen molar-refractivity contribution in [2.75, 3.05) is 0 Å². The highest BCUT2D eigenvalue weighted by molar-refractivity contribution is 6.45. The highest BCUT2D eigenvalue weighted by Crippen LogP contribution is 2.30. The van der Waals surface area contributed by atoms with E-state index in [-0.39, 0.29) is 21.2 Å². The lowest BCUT2D eigenvalue weighted by molar-refractivity contribution is 0.103. The molecule has 0 saturated carbocycles. The van der Waals surface area contributed by atoms with Gasteiger partial charge in [-0.15, -0.1) is 0 Å². The summed E-state index contributed by atoms with van der Waals surface area (Å²) in [6.07, 6.45) is 1.69. The number of halogens is 3. The minimum Gasteiger partial charge on any atom is -0.289 e. The molecule has 0 spiro atoms. The molecule has 0 saturated heterocycles. The molecular weight excluding hydrogens is 307 g/mol. The quantitative estimate of drug-likeness (QED) is 0.790. The summed E-state index contributed by atoms with van der Waals surface area (Å²) in [6.45, 7) is 0. The van der Waals surface area contributed by atoms with Gasteiger partial charge in [-0.2, -0.15) is 0 Å². The molecule has 0 fully saturated rings. The van der Waals surface area contributed by atoms with Crippen molar-refractivity contribution >= 4 is 46.9 Å². The first kappa shape index (κ1) is 14.1. The zero-order valence-electron chi connectivity index (χ0n) is 9.41. The van der Waals surface area contributed by atoms with Crippen LogP contribution in [0.15, 0.2) is 36.4 Å². The SMILES string of the molecule is O=[C]c1ccc(Cl)c(Cl)c1C(=O)c1ccc(Cl)cc1. The molecule has 2 aromatic rings. The van der Waals surface area contributed by atoms with Crippen LogP contribution in [0.1, 0.15) is 21.5 Å². The lowest BCUT2D eigenvalue weighted by Crippen LogP contribution is -2.06. The van der Waals surface area contributed by atoms with Gasteiger partial charge < -0.3 is 0 Å². The van der Waals surface area contributed by atoms with Crippen molar-refractivity contribution in [2.24, 2.45) is 0 Å². The van der Waals surface area contributed by atoms with Crippen LogP contribution in [0, 0.1) is 0 Å². The van der Waals surface area contributed by atoms with Crippen LogP contribution < -0.4 is 0 Å². The predicted molar refractivity (Wildman–Crippen MR) is 76.1 cm³/mol. The number of rotatable bonds is 3. The molecule has 19 heavy (non-hydrogen) atoms. The molecule has 1 radical (unpaired) electrons. The van der Waals surface area contributed by atoms with Crippen molar-refractivity contribution in [3.8, 4) is 0 Å². The van der Waals surface area contributed by atoms with Gasteiger partial charge in [0.15, 0.2) is 5.78 Å². The molecule has 0 heterocycles. The standard InChI is InChI=1S/C14H6Cl3O2/c15-10-4-1-8(2-5-10)14(19)12-9(7-18)3-6-11(16)13(12)17/h1-6H. The number of benzene rings is 2. The van der Waals surface area contributed by atoms with Gasteiger partial charge in [-0.1, -0.05) is 34.8 Å². The lowest BCUT2D eigenvalue weighted by atomic mass is 9.99. The molecule has 2 nitrogen and oxygen atoms in total. The number of carbonyl (C=O) groups is 1. The van der Waals surface area contributed by atoms with Gasteiger partial charge in [0.1, 0.15) is 0 Å². The first-order valence-corrected chi connectivity index (χ1v) is 6.34. The fourth-order valence-electron chi connectivity index (χ4n) is 1.60. The predicted octanol–water partition coefficient (Wildman–Crippen LogP) is 4.34. The van der Waals surface area contributed by atoms with E-state index in [9.17, 15) is 9.59 Å². The first-order valence-electron chi connectivity index (χ1n) is 5.21. The third kappa shape index (κ3) is 2.81. The molecular formula is C14H6Cl3O2. The van der Waals surface area contributed by atoms with E-state index in [1.165, 1.54) is 12.1 Å². The van der Waals surface area contributed by atoms with Gasteiger partial charge in [0.2, 0.25) is 6.29 Å². The molecule has 0 atom stereocenters. The van der Waals surface area contributed by atoms with Crippen LogP contribution in [0.25, 0.3) is 0 Å². The number of hydrogen-bond acceptors (Lipinski definition) is 2. The highest BCUT2D eigenvalue weighted by atomic mass is 35.5. The fraction of sp³-hybridized carbons (Fsp3) is 0. The monoisotopic (exact) mass is 311 g/mol. The molecule has 0 amide bonds. The minimum atomic E-state index is -0.400. The molecule has 0 unspecified atom stereocenters. The van der Waals surface area contributed by atoms with Crippen LogP contribution in [0.2, 0.25) is 15.1 Å². The van der Waals surface area contributed by atoms with Crippen LogP contribution in [-0.2, 0) is 4.79 Å². The summed E-state index contributed by atoms with van der Waals surface area (Å²) in [5.41, 5.74) is 0.492. The Balaban J connectivity index is 2.58.